The van der Waals surface area contributed by atoms with Gasteiger partial charge in [0.2, 0.25) is 0 Å². The summed E-state index contributed by atoms with van der Waals surface area (Å²) < 4.78 is 0. The standard InChI is InChI=1S/C29H46O/c1-20(19-30)9-7-10-21(2)23-12-13-24-22-11-14-26-27(3,4)16-8-17-29(26,6)25(22)15-18-28(23,24)5/h7,9-10,19,22-26,30H,8,11-18H2,1-6H3/t22-,23+,24-,25-,26?,28+,29+/m0/s1. The van der Waals surface area contributed by atoms with Gasteiger partial charge in [-0.2, -0.15) is 0 Å². The van der Waals surface area contributed by atoms with Crippen LogP contribution >= 0.6 is 0 Å². The zero-order chi connectivity index (χ0) is 21.7. The van der Waals surface area contributed by atoms with Crippen LogP contribution in [-0.4, -0.2) is 5.11 Å². The molecule has 0 heterocycles. The minimum atomic E-state index is 0.491. The minimum Gasteiger partial charge on any atom is -0.515 e. The van der Waals surface area contributed by atoms with Gasteiger partial charge in [-0.3, -0.25) is 0 Å². The van der Waals surface area contributed by atoms with Crippen molar-refractivity contribution in [2.75, 3.05) is 0 Å². The molecule has 1 heteroatoms. The fraction of sp³-hybridized carbons (Fsp3) is 0.793. The SMILES string of the molecule is CC(C=CC=C(C)[C@H]1CC[C@H]2[C@@H]3CCC4C(C)(C)CCC[C@]4(C)[C@H]3CC[C@]12C)=CO. The molecule has 7 atom stereocenters. The summed E-state index contributed by atoms with van der Waals surface area (Å²) in [6.07, 6.45) is 20.7. The first kappa shape index (κ1) is 22.2. The fourth-order valence-electron chi connectivity index (χ4n) is 9.46. The molecule has 1 unspecified atom stereocenters. The first-order chi connectivity index (χ1) is 14.1. The van der Waals surface area contributed by atoms with Crippen molar-refractivity contribution in [1.82, 2.24) is 0 Å². The largest absolute Gasteiger partial charge is 0.515 e. The highest BCUT2D eigenvalue weighted by Gasteiger charge is 2.61. The number of allylic oxidation sites excluding steroid dienone is 5. The maximum atomic E-state index is 9.12. The van der Waals surface area contributed by atoms with Crippen molar-refractivity contribution in [3.63, 3.8) is 0 Å². The van der Waals surface area contributed by atoms with E-state index in [1.165, 1.54) is 64.0 Å². The molecular weight excluding hydrogens is 364 g/mol. The zero-order valence-corrected chi connectivity index (χ0v) is 20.5. The molecule has 30 heavy (non-hydrogen) atoms. The minimum absolute atomic E-state index is 0.491. The highest BCUT2D eigenvalue weighted by molar-refractivity contribution is 5.24. The third-order valence-electron chi connectivity index (χ3n) is 10.8. The number of aliphatic hydroxyl groups is 1. The molecule has 0 spiro atoms. The third-order valence-corrected chi connectivity index (χ3v) is 10.8. The lowest BCUT2D eigenvalue weighted by Crippen LogP contribution is -2.56. The van der Waals surface area contributed by atoms with E-state index in [0.29, 0.717) is 16.2 Å². The smallest absolute Gasteiger partial charge is 0.0820 e. The van der Waals surface area contributed by atoms with Gasteiger partial charge in [-0.1, -0.05) is 57.9 Å². The van der Waals surface area contributed by atoms with Crippen molar-refractivity contribution < 1.29 is 5.11 Å². The van der Waals surface area contributed by atoms with Crippen LogP contribution < -0.4 is 0 Å². The average molecular weight is 411 g/mol. The molecule has 0 saturated heterocycles. The van der Waals surface area contributed by atoms with E-state index in [4.69, 9.17) is 5.11 Å². The van der Waals surface area contributed by atoms with Gasteiger partial charge in [-0.05, 0) is 117 Å². The molecule has 0 radical (unpaired) electrons. The van der Waals surface area contributed by atoms with E-state index >= 15 is 0 Å². The van der Waals surface area contributed by atoms with Crippen LogP contribution in [-0.2, 0) is 0 Å². The van der Waals surface area contributed by atoms with Gasteiger partial charge in [0.25, 0.3) is 0 Å². The quantitative estimate of drug-likeness (QED) is 0.364. The van der Waals surface area contributed by atoms with Crippen molar-refractivity contribution in [3.05, 3.63) is 35.6 Å². The number of rotatable bonds is 3. The van der Waals surface area contributed by atoms with Gasteiger partial charge in [0, 0.05) is 0 Å². The van der Waals surface area contributed by atoms with Crippen LogP contribution in [0.3, 0.4) is 0 Å². The van der Waals surface area contributed by atoms with Gasteiger partial charge >= 0.3 is 0 Å². The molecule has 0 aliphatic heterocycles. The lowest BCUT2D eigenvalue weighted by atomic mass is 9.41. The van der Waals surface area contributed by atoms with E-state index in [0.717, 1.165) is 35.2 Å². The summed E-state index contributed by atoms with van der Waals surface area (Å²) in [6, 6.07) is 0. The number of hydrogen-bond acceptors (Lipinski definition) is 1. The predicted octanol–water partition coefficient (Wildman–Crippen LogP) is 8.64. The van der Waals surface area contributed by atoms with Gasteiger partial charge in [0.05, 0.1) is 6.26 Å². The molecule has 0 aromatic carbocycles. The van der Waals surface area contributed by atoms with Crippen LogP contribution in [0.1, 0.15) is 99.3 Å². The number of aliphatic hydroxyl groups excluding tert-OH is 1. The summed E-state index contributed by atoms with van der Waals surface area (Å²) in [5, 5.41) is 9.12. The fourth-order valence-corrected chi connectivity index (χ4v) is 9.46. The predicted molar refractivity (Wildman–Crippen MR) is 128 cm³/mol. The van der Waals surface area contributed by atoms with Crippen LogP contribution in [0.25, 0.3) is 0 Å². The zero-order valence-electron chi connectivity index (χ0n) is 20.5. The molecule has 1 N–H and O–H groups in total. The van der Waals surface area contributed by atoms with Crippen LogP contribution in [0.15, 0.2) is 35.6 Å². The topological polar surface area (TPSA) is 20.2 Å². The summed E-state index contributed by atoms with van der Waals surface area (Å²) in [7, 11) is 0. The van der Waals surface area contributed by atoms with E-state index in [1.807, 2.05) is 13.0 Å². The molecular formula is C29H46O. The normalized spacial score (nSPS) is 46.4. The van der Waals surface area contributed by atoms with Crippen LogP contribution in [0.5, 0.6) is 0 Å². The Morgan fingerprint density at radius 3 is 2.30 bits per heavy atom. The molecule has 0 amide bonds. The van der Waals surface area contributed by atoms with E-state index in [1.54, 1.807) is 5.57 Å². The average Bonchev–Trinajstić information content (AvgIpc) is 3.04. The molecule has 1 nitrogen and oxygen atoms in total. The third kappa shape index (κ3) is 3.43. The molecule has 4 saturated carbocycles. The Morgan fingerprint density at radius 2 is 1.57 bits per heavy atom. The Morgan fingerprint density at radius 1 is 0.833 bits per heavy atom. The van der Waals surface area contributed by atoms with Gasteiger partial charge < -0.3 is 5.11 Å². The lowest BCUT2D eigenvalue weighted by molar-refractivity contribution is -0.143. The van der Waals surface area contributed by atoms with E-state index in [-0.39, 0.29) is 0 Å². The van der Waals surface area contributed by atoms with E-state index < -0.39 is 0 Å². The van der Waals surface area contributed by atoms with Crippen molar-refractivity contribution in [2.45, 2.75) is 99.3 Å². The second kappa shape index (κ2) is 7.86. The van der Waals surface area contributed by atoms with Gasteiger partial charge in [-0.15, -0.1) is 0 Å². The van der Waals surface area contributed by atoms with Crippen molar-refractivity contribution >= 4 is 0 Å². The Bertz CT molecular complexity index is 739. The molecule has 0 bridgehead atoms. The van der Waals surface area contributed by atoms with Crippen LogP contribution in [0.2, 0.25) is 0 Å². The molecule has 0 aromatic heterocycles. The summed E-state index contributed by atoms with van der Waals surface area (Å²) in [5.74, 6) is 4.53. The van der Waals surface area contributed by atoms with Crippen molar-refractivity contribution in [1.29, 1.82) is 0 Å². The highest BCUT2D eigenvalue weighted by atomic mass is 16.2. The van der Waals surface area contributed by atoms with Gasteiger partial charge in [0.15, 0.2) is 0 Å². The molecule has 0 aromatic rings. The molecule has 4 fully saturated rings. The second-order valence-corrected chi connectivity index (χ2v) is 12.7. The maximum absolute atomic E-state index is 9.12. The molecule has 4 aliphatic rings. The highest BCUT2D eigenvalue weighted by Crippen LogP contribution is 2.70. The first-order valence-electron chi connectivity index (χ1n) is 12.8. The molecule has 168 valence electrons. The van der Waals surface area contributed by atoms with E-state index in [9.17, 15) is 0 Å². The summed E-state index contributed by atoms with van der Waals surface area (Å²) in [6.45, 7) is 14.8. The summed E-state index contributed by atoms with van der Waals surface area (Å²) >= 11 is 0. The van der Waals surface area contributed by atoms with Crippen LogP contribution in [0.4, 0.5) is 0 Å². The summed E-state index contributed by atoms with van der Waals surface area (Å²) in [4.78, 5) is 0. The monoisotopic (exact) mass is 410 g/mol. The Kier molecular flexibility index (Phi) is 5.82. The lowest BCUT2D eigenvalue weighted by Gasteiger charge is -2.64. The van der Waals surface area contributed by atoms with Crippen molar-refractivity contribution in [2.24, 2.45) is 45.8 Å². The number of fused-ring (bicyclic) bond motifs is 5. The van der Waals surface area contributed by atoms with Gasteiger partial charge in [-0.25, -0.2) is 0 Å². The number of hydrogen-bond donors (Lipinski definition) is 1. The Balaban J connectivity index is 1.56. The molecule has 4 rings (SSSR count). The van der Waals surface area contributed by atoms with Gasteiger partial charge in [0.1, 0.15) is 0 Å². The first-order valence-corrected chi connectivity index (χ1v) is 12.8. The Hall–Kier alpha value is -0.980. The Labute approximate surface area is 186 Å². The van der Waals surface area contributed by atoms with E-state index in [2.05, 4.69) is 46.8 Å². The second-order valence-electron chi connectivity index (χ2n) is 12.7. The summed E-state index contributed by atoms with van der Waals surface area (Å²) in [5.41, 5.74) is 4.09. The molecule has 4 aliphatic carbocycles. The van der Waals surface area contributed by atoms with Crippen molar-refractivity contribution in [3.8, 4) is 0 Å². The maximum Gasteiger partial charge on any atom is 0.0820 e. The van der Waals surface area contributed by atoms with Crippen LogP contribution in [0, 0.1) is 45.8 Å².